The quantitative estimate of drug-likeness (QED) is 0.504. The summed E-state index contributed by atoms with van der Waals surface area (Å²) in [6.45, 7) is 3.32. The molecule has 0 fully saturated rings. The van der Waals surface area contributed by atoms with Crippen molar-refractivity contribution in [3.05, 3.63) is 40.9 Å². The molecule has 9 heteroatoms. The number of nitriles is 1. The Kier molecular flexibility index (Phi) is 9.20. The Hall–Kier alpha value is -3.12. The number of allylic oxidation sites excluding steroid dienone is 1. The lowest BCUT2D eigenvalue weighted by molar-refractivity contribution is -0.134. The molecule has 0 radical (unpaired) electrons. The summed E-state index contributed by atoms with van der Waals surface area (Å²) in [5.41, 5.74) is 0.597. The number of pyridine rings is 1. The van der Waals surface area contributed by atoms with Gasteiger partial charge in [0.2, 0.25) is 12.3 Å². The standard InChI is InChI=1S/C17H19N5O3S/c1-3-22(12-23)17(25)15(26-9-5-4-8-18)11-19-14-6-7-16(20-10-14)21-13(2)24/h5-7,9-12,19H,3-4H2,1-2H3,(H,20,21,24)/b9-5?,15-11+. The minimum atomic E-state index is -0.454. The molecule has 1 heterocycles. The molecule has 8 nitrogen and oxygen atoms in total. The smallest absolute Gasteiger partial charge is 0.268 e. The highest BCUT2D eigenvalue weighted by atomic mass is 32.2. The van der Waals surface area contributed by atoms with E-state index in [1.165, 1.54) is 19.3 Å². The average molecular weight is 373 g/mol. The van der Waals surface area contributed by atoms with E-state index in [1.54, 1.807) is 30.5 Å². The number of carbonyl (C=O) groups excluding carboxylic acids is 3. The highest BCUT2D eigenvalue weighted by molar-refractivity contribution is 8.06. The molecule has 0 aliphatic rings. The highest BCUT2D eigenvalue weighted by Crippen LogP contribution is 2.20. The minimum Gasteiger partial charge on any atom is -0.359 e. The average Bonchev–Trinajstić information content (AvgIpc) is 2.63. The van der Waals surface area contributed by atoms with Crippen molar-refractivity contribution < 1.29 is 14.4 Å². The van der Waals surface area contributed by atoms with Crippen molar-refractivity contribution in [2.45, 2.75) is 20.3 Å². The van der Waals surface area contributed by atoms with Gasteiger partial charge in [0.25, 0.3) is 5.91 Å². The number of thioether (sulfide) groups is 1. The molecule has 0 spiro atoms. The summed E-state index contributed by atoms with van der Waals surface area (Å²) < 4.78 is 0. The summed E-state index contributed by atoms with van der Waals surface area (Å²) in [4.78, 5) is 39.7. The van der Waals surface area contributed by atoms with E-state index in [9.17, 15) is 14.4 Å². The zero-order chi connectivity index (χ0) is 19.4. The Bertz CT molecular complexity index is 738. The van der Waals surface area contributed by atoms with Crippen LogP contribution in [0.4, 0.5) is 11.5 Å². The molecule has 1 rings (SSSR count). The lowest BCUT2D eigenvalue weighted by atomic mass is 10.4. The Labute approximate surface area is 156 Å². The van der Waals surface area contributed by atoms with E-state index in [1.807, 2.05) is 6.07 Å². The molecule has 26 heavy (non-hydrogen) atoms. The summed E-state index contributed by atoms with van der Waals surface area (Å²) in [6, 6.07) is 5.27. The SMILES string of the molecule is CCN(C=O)C(=O)/C(=C\Nc1ccc(NC(C)=O)nc1)SC=CCC#N. The van der Waals surface area contributed by atoms with Crippen molar-refractivity contribution >= 4 is 41.5 Å². The van der Waals surface area contributed by atoms with Crippen LogP contribution in [-0.4, -0.2) is 34.7 Å². The third-order valence-electron chi connectivity index (χ3n) is 2.88. The van der Waals surface area contributed by atoms with Crippen molar-refractivity contribution in [1.29, 1.82) is 5.26 Å². The summed E-state index contributed by atoms with van der Waals surface area (Å²) in [5.74, 6) is -0.264. The van der Waals surface area contributed by atoms with Crippen LogP contribution in [0.1, 0.15) is 20.3 Å². The molecule has 1 aromatic heterocycles. The van der Waals surface area contributed by atoms with Gasteiger partial charge in [0.1, 0.15) is 5.82 Å². The molecular weight excluding hydrogens is 354 g/mol. The maximum atomic E-state index is 12.4. The van der Waals surface area contributed by atoms with Gasteiger partial charge in [0.15, 0.2) is 0 Å². The van der Waals surface area contributed by atoms with E-state index in [-0.39, 0.29) is 23.8 Å². The maximum Gasteiger partial charge on any atom is 0.268 e. The number of rotatable bonds is 9. The molecule has 0 unspecified atom stereocenters. The second-order valence-corrected chi connectivity index (χ2v) is 5.76. The first-order valence-corrected chi connectivity index (χ1v) is 8.55. The van der Waals surface area contributed by atoms with E-state index >= 15 is 0 Å². The van der Waals surface area contributed by atoms with Crippen molar-refractivity contribution in [3.8, 4) is 6.07 Å². The van der Waals surface area contributed by atoms with Crippen LogP contribution >= 0.6 is 11.8 Å². The second-order valence-electron chi connectivity index (χ2n) is 4.81. The number of likely N-dealkylation sites (N-methyl/N-ethyl adjacent to an activating group) is 1. The number of carbonyl (C=O) groups is 3. The van der Waals surface area contributed by atoms with Gasteiger partial charge in [-0.15, -0.1) is 0 Å². The van der Waals surface area contributed by atoms with Crippen molar-refractivity contribution in [3.63, 3.8) is 0 Å². The predicted molar refractivity (Wildman–Crippen MR) is 101 cm³/mol. The largest absolute Gasteiger partial charge is 0.359 e. The zero-order valence-corrected chi connectivity index (χ0v) is 15.2. The van der Waals surface area contributed by atoms with Gasteiger partial charge in [-0.1, -0.05) is 17.8 Å². The first-order valence-electron chi connectivity index (χ1n) is 7.67. The van der Waals surface area contributed by atoms with Gasteiger partial charge < -0.3 is 10.6 Å². The molecular formula is C17H19N5O3S. The number of aromatic nitrogens is 1. The third-order valence-corrected chi connectivity index (χ3v) is 3.75. The molecule has 0 saturated carbocycles. The number of imide groups is 1. The monoisotopic (exact) mass is 373 g/mol. The van der Waals surface area contributed by atoms with Crippen LogP contribution in [-0.2, 0) is 14.4 Å². The number of anilines is 2. The maximum absolute atomic E-state index is 12.4. The topological polar surface area (TPSA) is 115 Å². The van der Waals surface area contributed by atoms with Gasteiger partial charge in [-0.2, -0.15) is 5.26 Å². The first kappa shape index (κ1) is 20.9. The van der Waals surface area contributed by atoms with Gasteiger partial charge in [0, 0.05) is 19.7 Å². The zero-order valence-electron chi connectivity index (χ0n) is 14.4. The molecule has 0 aliphatic carbocycles. The van der Waals surface area contributed by atoms with E-state index in [2.05, 4.69) is 15.6 Å². The fraction of sp³-hybridized carbons (Fsp3) is 0.235. The van der Waals surface area contributed by atoms with Crippen LogP contribution in [0.3, 0.4) is 0 Å². The van der Waals surface area contributed by atoms with Crippen molar-refractivity contribution in [2.75, 3.05) is 17.2 Å². The molecule has 0 aliphatic heterocycles. The lowest BCUT2D eigenvalue weighted by Crippen LogP contribution is -2.30. The highest BCUT2D eigenvalue weighted by Gasteiger charge is 2.16. The molecule has 0 saturated heterocycles. The van der Waals surface area contributed by atoms with E-state index in [0.29, 0.717) is 17.9 Å². The molecule has 3 amide bonds. The number of nitrogens with zero attached hydrogens (tertiary/aromatic N) is 3. The van der Waals surface area contributed by atoms with Crippen molar-refractivity contribution in [1.82, 2.24) is 9.88 Å². The molecule has 0 atom stereocenters. The minimum absolute atomic E-state index is 0.222. The van der Waals surface area contributed by atoms with E-state index in [4.69, 9.17) is 5.26 Å². The summed E-state index contributed by atoms with van der Waals surface area (Å²) >= 11 is 1.10. The Morgan fingerprint density at radius 2 is 2.19 bits per heavy atom. The Balaban J connectivity index is 2.90. The number of amides is 3. The van der Waals surface area contributed by atoms with Gasteiger partial charge in [0.05, 0.1) is 29.3 Å². The summed E-state index contributed by atoms with van der Waals surface area (Å²) in [6.07, 6.45) is 5.27. The molecule has 136 valence electrons. The van der Waals surface area contributed by atoms with Gasteiger partial charge in [-0.3, -0.25) is 19.3 Å². The molecule has 0 aromatic carbocycles. The van der Waals surface area contributed by atoms with Crippen LogP contribution in [0.5, 0.6) is 0 Å². The van der Waals surface area contributed by atoms with E-state index < -0.39 is 5.91 Å². The summed E-state index contributed by atoms with van der Waals surface area (Å²) in [5, 5.41) is 15.6. The van der Waals surface area contributed by atoms with Crippen LogP contribution < -0.4 is 10.6 Å². The number of nitrogens with one attached hydrogen (secondary N) is 2. The molecule has 2 N–H and O–H groups in total. The van der Waals surface area contributed by atoms with Crippen LogP contribution in [0.2, 0.25) is 0 Å². The van der Waals surface area contributed by atoms with Gasteiger partial charge >= 0.3 is 0 Å². The molecule has 1 aromatic rings. The van der Waals surface area contributed by atoms with Gasteiger partial charge in [-0.25, -0.2) is 4.98 Å². The van der Waals surface area contributed by atoms with Gasteiger partial charge in [-0.05, 0) is 24.5 Å². The third kappa shape index (κ3) is 7.19. The second kappa shape index (κ2) is 11.4. The van der Waals surface area contributed by atoms with E-state index in [0.717, 1.165) is 16.7 Å². The number of hydrogen-bond donors (Lipinski definition) is 2. The Morgan fingerprint density at radius 1 is 1.42 bits per heavy atom. The lowest BCUT2D eigenvalue weighted by Gasteiger charge is -2.14. The van der Waals surface area contributed by atoms with Crippen LogP contribution in [0.25, 0.3) is 0 Å². The predicted octanol–water partition coefficient (Wildman–Crippen LogP) is 2.46. The van der Waals surface area contributed by atoms with Crippen molar-refractivity contribution in [2.24, 2.45) is 0 Å². The Morgan fingerprint density at radius 3 is 2.73 bits per heavy atom. The summed E-state index contributed by atoms with van der Waals surface area (Å²) in [7, 11) is 0. The van der Waals surface area contributed by atoms with Crippen LogP contribution in [0.15, 0.2) is 40.9 Å². The fourth-order valence-corrected chi connectivity index (χ4v) is 2.34. The van der Waals surface area contributed by atoms with Crippen LogP contribution in [0, 0.1) is 11.3 Å². The molecule has 0 bridgehead atoms. The first-order chi connectivity index (χ1) is 12.5. The fourth-order valence-electron chi connectivity index (χ4n) is 1.66. The number of hydrogen-bond acceptors (Lipinski definition) is 7. The normalized spacial score (nSPS) is 10.9.